The lowest BCUT2D eigenvalue weighted by Crippen LogP contribution is -2.56. The average Bonchev–Trinajstić information content (AvgIpc) is 2.67. The Labute approximate surface area is 143 Å². The van der Waals surface area contributed by atoms with Crippen molar-refractivity contribution in [1.29, 1.82) is 0 Å². The highest BCUT2D eigenvalue weighted by molar-refractivity contribution is 5.76. The van der Waals surface area contributed by atoms with Crippen LogP contribution in [0.1, 0.15) is 24.8 Å². The summed E-state index contributed by atoms with van der Waals surface area (Å²) in [7, 11) is 0. The van der Waals surface area contributed by atoms with Crippen molar-refractivity contribution in [2.45, 2.75) is 25.8 Å². The Morgan fingerprint density at radius 1 is 0.792 bits per heavy atom. The van der Waals surface area contributed by atoms with E-state index in [4.69, 9.17) is 0 Å². The van der Waals surface area contributed by atoms with Gasteiger partial charge in [0.05, 0.1) is 0 Å². The maximum absolute atomic E-state index is 12.5. The Morgan fingerprint density at radius 2 is 1.38 bits per heavy atom. The fraction of sp³-hybridized carbons (Fsp3) is 0.556. The number of nitrogens with zero attached hydrogens (tertiary/aromatic N) is 3. The Kier molecular flexibility index (Phi) is 5.56. The normalized spacial score (nSPS) is 18.4. The maximum Gasteiger partial charge on any atom is 0.320 e. The quantitative estimate of drug-likeness (QED) is 0.903. The van der Waals surface area contributed by atoms with Crippen LogP contribution in [0.25, 0.3) is 0 Å². The highest BCUT2D eigenvalue weighted by atomic mass is 16.2. The number of piperazine rings is 1. The molecule has 2 saturated heterocycles. The molecule has 2 aliphatic rings. The monoisotopic (exact) mass is 330 g/mol. The number of rotatable bonds is 2. The predicted molar refractivity (Wildman–Crippen MR) is 92.6 cm³/mol. The van der Waals surface area contributed by atoms with E-state index in [1.54, 1.807) is 4.90 Å². The van der Waals surface area contributed by atoms with Gasteiger partial charge in [-0.05, 0) is 24.8 Å². The van der Waals surface area contributed by atoms with Gasteiger partial charge in [-0.3, -0.25) is 0 Å². The van der Waals surface area contributed by atoms with E-state index in [9.17, 15) is 9.59 Å². The summed E-state index contributed by atoms with van der Waals surface area (Å²) in [4.78, 5) is 30.4. The summed E-state index contributed by atoms with van der Waals surface area (Å²) in [5, 5.41) is 2.95. The zero-order chi connectivity index (χ0) is 16.8. The molecule has 0 aliphatic carbocycles. The lowest BCUT2D eigenvalue weighted by molar-refractivity contribution is 0.113. The van der Waals surface area contributed by atoms with Crippen LogP contribution < -0.4 is 5.32 Å². The molecule has 0 spiro atoms. The van der Waals surface area contributed by atoms with Crippen molar-refractivity contribution in [3.63, 3.8) is 0 Å². The van der Waals surface area contributed by atoms with Gasteiger partial charge in [-0.25, -0.2) is 9.59 Å². The SMILES string of the molecule is O=C(NCc1ccccc1)N1CCN(C(=O)N2CCCCC2)CC1. The molecule has 1 N–H and O–H groups in total. The lowest BCUT2D eigenvalue weighted by Gasteiger charge is -2.38. The summed E-state index contributed by atoms with van der Waals surface area (Å²) in [5.74, 6) is 0. The van der Waals surface area contributed by atoms with Crippen LogP contribution in [0.2, 0.25) is 0 Å². The van der Waals surface area contributed by atoms with Crippen molar-refractivity contribution in [3.8, 4) is 0 Å². The van der Waals surface area contributed by atoms with Crippen LogP contribution in [-0.2, 0) is 6.54 Å². The molecule has 3 rings (SSSR count). The highest BCUT2D eigenvalue weighted by Crippen LogP contribution is 2.13. The van der Waals surface area contributed by atoms with Gasteiger partial charge in [-0.15, -0.1) is 0 Å². The second-order valence-corrected chi connectivity index (χ2v) is 6.45. The lowest BCUT2D eigenvalue weighted by atomic mass is 10.1. The van der Waals surface area contributed by atoms with E-state index < -0.39 is 0 Å². The number of carbonyl (C=O) groups is 2. The molecule has 2 aliphatic heterocycles. The molecule has 0 aromatic heterocycles. The second-order valence-electron chi connectivity index (χ2n) is 6.45. The Morgan fingerprint density at radius 3 is 2.04 bits per heavy atom. The average molecular weight is 330 g/mol. The molecule has 4 amide bonds. The van der Waals surface area contributed by atoms with Crippen molar-refractivity contribution < 1.29 is 9.59 Å². The predicted octanol–water partition coefficient (Wildman–Crippen LogP) is 2.12. The third-order valence-electron chi connectivity index (χ3n) is 4.75. The highest BCUT2D eigenvalue weighted by Gasteiger charge is 2.27. The Hall–Kier alpha value is -2.24. The summed E-state index contributed by atoms with van der Waals surface area (Å²) in [6, 6.07) is 9.97. The molecule has 130 valence electrons. The number of benzene rings is 1. The number of hydrogen-bond donors (Lipinski definition) is 1. The molecule has 0 bridgehead atoms. The first-order valence-electron chi connectivity index (χ1n) is 8.84. The first-order chi connectivity index (χ1) is 11.7. The summed E-state index contributed by atoms with van der Waals surface area (Å²) in [6.07, 6.45) is 3.43. The van der Waals surface area contributed by atoms with Gasteiger partial charge in [0, 0.05) is 45.8 Å². The van der Waals surface area contributed by atoms with Gasteiger partial charge >= 0.3 is 12.1 Å². The van der Waals surface area contributed by atoms with Crippen LogP contribution >= 0.6 is 0 Å². The van der Waals surface area contributed by atoms with Gasteiger partial charge in [-0.2, -0.15) is 0 Å². The smallest absolute Gasteiger partial charge is 0.320 e. The molecule has 1 aromatic rings. The molecular formula is C18H26N4O2. The van der Waals surface area contributed by atoms with Crippen LogP contribution in [0.15, 0.2) is 30.3 Å². The van der Waals surface area contributed by atoms with E-state index in [0.717, 1.165) is 31.5 Å². The van der Waals surface area contributed by atoms with Crippen molar-refractivity contribution in [2.75, 3.05) is 39.3 Å². The van der Waals surface area contributed by atoms with Crippen LogP contribution in [0.3, 0.4) is 0 Å². The minimum atomic E-state index is -0.0519. The first-order valence-corrected chi connectivity index (χ1v) is 8.84. The van der Waals surface area contributed by atoms with E-state index in [0.29, 0.717) is 32.7 Å². The largest absolute Gasteiger partial charge is 0.334 e. The second kappa shape index (κ2) is 8.04. The third-order valence-corrected chi connectivity index (χ3v) is 4.75. The number of likely N-dealkylation sites (tertiary alicyclic amines) is 1. The van der Waals surface area contributed by atoms with E-state index in [1.165, 1.54) is 6.42 Å². The molecule has 0 saturated carbocycles. The molecule has 24 heavy (non-hydrogen) atoms. The van der Waals surface area contributed by atoms with Crippen molar-refractivity contribution in [1.82, 2.24) is 20.0 Å². The van der Waals surface area contributed by atoms with Crippen LogP contribution in [0.5, 0.6) is 0 Å². The van der Waals surface area contributed by atoms with Gasteiger partial charge in [0.1, 0.15) is 0 Å². The maximum atomic E-state index is 12.5. The van der Waals surface area contributed by atoms with Gasteiger partial charge in [0.15, 0.2) is 0 Å². The number of hydrogen-bond acceptors (Lipinski definition) is 2. The molecule has 2 fully saturated rings. The third kappa shape index (κ3) is 4.19. The van der Waals surface area contributed by atoms with E-state index in [2.05, 4.69) is 5.32 Å². The van der Waals surface area contributed by atoms with Crippen molar-refractivity contribution >= 4 is 12.1 Å². The summed E-state index contributed by atoms with van der Waals surface area (Å²) >= 11 is 0. The molecule has 0 atom stereocenters. The molecule has 6 heteroatoms. The Bertz CT molecular complexity index is 549. The fourth-order valence-corrected chi connectivity index (χ4v) is 3.27. The summed E-state index contributed by atoms with van der Waals surface area (Å²) in [6.45, 7) is 4.71. The van der Waals surface area contributed by atoms with E-state index >= 15 is 0 Å². The van der Waals surface area contributed by atoms with Crippen molar-refractivity contribution in [3.05, 3.63) is 35.9 Å². The van der Waals surface area contributed by atoms with E-state index in [1.807, 2.05) is 40.1 Å². The minimum Gasteiger partial charge on any atom is -0.334 e. The molecule has 0 unspecified atom stereocenters. The fourth-order valence-electron chi connectivity index (χ4n) is 3.27. The van der Waals surface area contributed by atoms with Gasteiger partial charge < -0.3 is 20.0 Å². The molecule has 1 aromatic carbocycles. The molecule has 6 nitrogen and oxygen atoms in total. The zero-order valence-corrected chi connectivity index (χ0v) is 14.1. The topological polar surface area (TPSA) is 55.9 Å². The van der Waals surface area contributed by atoms with Gasteiger partial charge in [-0.1, -0.05) is 30.3 Å². The zero-order valence-electron chi connectivity index (χ0n) is 14.1. The van der Waals surface area contributed by atoms with Crippen LogP contribution in [0, 0.1) is 0 Å². The number of amides is 4. The summed E-state index contributed by atoms with van der Waals surface area (Å²) < 4.78 is 0. The minimum absolute atomic E-state index is 0.0519. The molecule has 0 radical (unpaired) electrons. The van der Waals surface area contributed by atoms with Crippen molar-refractivity contribution in [2.24, 2.45) is 0 Å². The van der Waals surface area contributed by atoms with E-state index in [-0.39, 0.29) is 12.1 Å². The Balaban J connectivity index is 1.42. The number of nitrogens with one attached hydrogen (secondary N) is 1. The molecular weight excluding hydrogens is 304 g/mol. The summed E-state index contributed by atoms with van der Waals surface area (Å²) in [5.41, 5.74) is 1.09. The first kappa shape index (κ1) is 16.6. The standard InChI is InChI=1S/C18H26N4O2/c23-17(19-15-16-7-3-1-4-8-16)20-11-13-22(14-12-20)18(24)21-9-5-2-6-10-21/h1,3-4,7-8H,2,5-6,9-15H2,(H,19,23). The number of piperidine rings is 1. The van der Waals surface area contributed by atoms with Gasteiger partial charge in [0.2, 0.25) is 0 Å². The molecule has 2 heterocycles. The number of urea groups is 2. The number of carbonyl (C=O) groups excluding carboxylic acids is 2. The van der Waals surface area contributed by atoms with Crippen LogP contribution in [0.4, 0.5) is 9.59 Å². The van der Waals surface area contributed by atoms with Crippen LogP contribution in [-0.4, -0.2) is 66.0 Å². The van der Waals surface area contributed by atoms with Gasteiger partial charge in [0.25, 0.3) is 0 Å².